The van der Waals surface area contributed by atoms with E-state index in [2.05, 4.69) is 15.7 Å². The minimum atomic E-state index is -3.53. The molecule has 2 aromatic carbocycles. The largest absolute Gasteiger partial charge is 0.493 e. The Bertz CT molecular complexity index is 974. The number of methoxy groups -OCH3 is 2. The quantitative estimate of drug-likeness (QED) is 0.563. The number of benzene rings is 2. The van der Waals surface area contributed by atoms with Gasteiger partial charge in [0.2, 0.25) is 10.0 Å². The Morgan fingerprint density at radius 2 is 1.68 bits per heavy atom. The molecule has 8 heteroatoms. The van der Waals surface area contributed by atoms with Crippen molar-refractivity contribution in [3.63, 3.8) is 0 Å². The summed E-state index contributed by atoms with van der Waals surface area (Å²) in [5, 5.41) is 0. The van der Waals surface area contributed by atoms with Gasteiger partial charge in [-0.3, -0.25) is 4.90 Å². The van der Waals surface area contributed by atoms with Crippen LogP contribution in [0.25, 0.3) is 0 Å². The smallest absolute Gasteiger partial charge is 0.240 e. The normalized spacial score (nSPS) is 14.4. The van der Waals surface area contributed by atoms with Gasteiger partial charge in [0.25, 0.3) is 0 Å². The van der Waals surface area contributed by atoms with Crippen molar-refractivity contribution in [2.24, 2.45) is 0 Å². The Labute approximate surface area is 185 Å². The molecule has 7 nitrogen and oxygen atoms in total. The maximum atomic E-state index is 12.5. The third-order valence-electron chi connectivity index (χ3n) is 5.25. The van der Waals surface area contributed by atoms with E-state index in [1.54, 1.807) is 38.5 Å². The van der Waals surface area contributed by atoms with Gasteiger partial charge in [-0.1, -0.05) is 0 Å². The lowest BCUT2D eigenvalue weighted by atomic mass is 9.98. The van der Waals surface area contributed by atoms with E-state index >= 15 is 0 Å². The number of nitrogens with one attached hydrogen (secondary N) is 1. The average molecular weight is 449 g/mol. The lowest BCUT2D eigenvalue weighted by Gasteiger charge is -2.29. The highest BCUT2D eigenvalue weighted by molar-refractivity contribution is 7.89. The summed E-state index contributed by atoms with van der Waals surface area (Å²) in [5.41, 5.74) is 2.51. The van der Waals surface area contributed by atoms with Crippen molar-refractivity contribution in [3.05, 3.63) is 47.5 Å². The molecule has 1 heterocycles. The van der Waals surface area contributed by atoms with Crippen molar-refractivity contribution in [2.75, 3.05) is 33.9 Å². The highest BCUT2D eigenvalue weighted by Gasteiger charge is 2.20. The molecule has 0 radical (unpaired) electrons. The second-order valence-electron chi connectivity index (χ2n) is 7.89. The van der Waals surface area contributed by atoms with Crippen molar-refractivity contribution >= 4 is 10.0 Å². The van der Waals surface area contributed by atoms with E-state index in [1.165, 1.54) is 11.1 Å². The minimum Gasteiger partial charge on any atom is -0.493 e. The van der Waals surface area contributed by atoms with Gasteiger partial charge in [-0.15, -0.1) is 0 Å². The van der Waals surface area contributed by atoms with Gasteiger partial charge in [-0.2, -0.15) is 0 Å². The molecule has 1 N–H and O–H groups in total. The number of hydrogen-bond donors (Lipinski definition) is 1. The summed E-state index contributed by atoms with van der Waals surface area (Å²) in [6, 6.07) is 10.6. The predicted octanol–water partition coefficient (Wildman–Crippen LogP) is 3.22. The van der Waals surface area contributed by atoms with Crippen LogP contribution in [0.1, 0.15) is 31.4 Å². The second-order valence-corrected chi connectivity index (χ2v) is 9.66. The van der Waals surface area contributed by atoms with Crippen LogP contribution in [0.5, 0.6) is 17.2 Å². The molecule has 0 aromatic heterocycles. The number of hydrogen-bond acceptors (Lipinski definition) is 6. The van der Waals surface area contributed by atoms with Crippen LogP contribution in [0.4, 0.5) is 0 Å². The first-order valence-corrected chi connectivity index (χ1v) is 12.0. The molecule has 1 aliphatic rings. The molecule has 0 bridgehead atoms. The first kappa shape index (κ1) is 23.4. The fourth-order valence-corrected chi connectivity index (χ4v) is 4.77. The molecule has 1 aliphatic heterocycles. The standard InChI is InChI=1S/C23H32N2O5S/c1-17(2)30-20-6-8-21(9-7-20)31(26,27)24-11-5-12-25-13-10-18-14-22(28-3)23(29-4)15-19(18)16-25/h6-9,14-15,17,24H,5,10-13,16H2,1-4H3. The number of sulfonamides is 1. The van der Waals surface area contributed by atoms with E-state index in [9.17, 15) is 8.42 Å². The van der Waals surface area contributed by atoms with Crippen LogP contribution >= 0.6 is 0 Å². The zero-order valence-corrected chi connectivity index (χ0v) is 19.5. The molecule has 31 heavy (non-hydrogen) atoms. The average Bonchev–Trinajstić information content (AvgIpc) is 2.75. The van der Waals surface area contributed by atoms with Gasteiger partial charge in [0, 0.05) is 19.6 Å². The lowest BCUT2D eigenvalue weighted by molar-refractivity contribution is 0.242. The van der Waals surface area contributed by atoms with Crippen LogP contribution in [-0.4, -0.2) is 53.3 Å². The van der Waals surface area contributed by atoms with Crippen LogP contribution in [0.2, 0.25) is 0 Å². The number of nitrogens with zero attached hydrogens (tertiary/aromatic N) is 1. The topological polar surface area (TPSA) is 77.1 Å². The van der Waals surface area contributed by atoms with E-state index in [-0.39, 0.29) is 11.0 Å². The van der Waals surface area contributed by atoms with E-state index in [0.29, 0.717) is 12.3 Å². The van der Waals surface area contributed by atoms with Gasteiger partial charge in [-0.05, 0) is 80.8 Å². The summed E-state index contributed by atoms with van der Waals surface area (Å²) in [5.74, 6) is 2.15. The van der Waals surface area contributed by atoms with E-state index in [4.69, 9.17) is 14.2 Å². The Morgan fingerprint density at radius 3 is 2.29 bits per heavy atom. The summed E-state index contributed by atoms with van der Waals surface area (Å²) in [7, 11) is -0.241. The molecule has 0 spiro atoms. The second kappa shape index (κ2) is 10.3. The van der Waals surface area contributed by atoms with Crippen molar-refractivity contribution in [1.82, 2.24) is 9.62 Å². The lowest BCUT2D eigenvalue weighted by Crippen LogP contribution is -2.33. The van der Waals surface area contributed by atoms with Crippen LogP contribution < -0.4 is 18.9 Å². The summed E-state index contributed by atoms with van der Waals surface area (Å²) >= 11 is 0. The first-order valence-electron chi connectivity index (χ1n) is 10.5. The molecule has 0 saturated heterocycles. The molecule has 170 valence electrons. The Hall–Kier alpha value is -2.29. The molecule has 3 rings (SSSR count). The number of rotatable bonds is 10. The van der Waals surface area contributed by atoms with Crippen LogP contribution in [0, 0.1) is 0 Å². The van der Waals surface area contributed by atoms with Gasteiger partial charge in [0.05, 0.1) is 25.2 Å². The summed E-state index contributed by atoms with van der Waals surface area (Å²) in [4.78, 5) is 2.58. The van der Waals surface area contributed by atoms with Gasteiger partial charge >= 0.3 is 0 Å². The van der Waals surface area contributed by atoms with Crippen LogP contribution in [0.3, 0.4) is 0 Å². The zero-order valence-electron chi connectivity index (χ0n) is 18.7. The summed E-state index contributed by atoms with van der Waals surface area (Å²) < 4.78 is 44.1. The van der Waals surface area contributed by atoms with Crippen LogP contribution in [-0.2, 0) is 23.0 Å². The molecule has 0 fully saturated rings. The maximum absolute atomic E-state index is 12.5. The highest BCUT2D eigenvalue weighted by Crippen LogP contribution is 2.33. The molecule has 0 amide bonds. The molecule has 0 saturated carbocycles. The summed E-state index contributed by atoms with van der Waals surface area (Å²) in [6.07, 6.45) is 1.72. The zero-order chi connectivity index (χ0) is 22.4. The van der Waals surface area contributed by atoms with Crippen molar-refractivity contribution in [2.45, 2.75) is 44.2 Å². The monoisotopic (exact) mass is 448 g/mol. The number of fused-ring (bicyclic) bond motifs is 1. The van der Waals surface area contributed by atoms with Gasteiger partial charge in [-0.25, -0.2) is 13.1 Å². The van der Waals surface area contributed by atoms with Gasteiger partial charge in [0.1, 0.15) is 5.75 Å². The predicted molar refractivity (Wildman–Crippen MR) is 121 cm³/mol. The molecule has 0 atom stereocenters. The highest BCUT2D eigenvalue weighted by atomic mass is 32.2. The number of ether oxygens (including phenoxy) is 3. The minimum absolute atomic E-state index is 0.0467. The summed E-state index contributed by atoms with van der Waals surface area (Å²) in [6.45, 7) is 6.83. The van der Waals surface area contributed by atoms with Crippen molar-refractivity contribution in [3.8, 4) is 17.2 Å². The van der Waals surface area contributed by atoms with E-state index in [0.717, 1.165) is 44.0 Å². The Balaban J connectivity index is 1.49. The van der Waals surface area contributed by atoms with Gasteiger partial charge in [0.15, 0.2) is 11.5 Å². The molecular weight excluding hydrogens is 416 g/mol. The fraction of sp³-hybridized carbons (Fsp3) is 0.478. The van der Waals surface area contributed by atoms with Gasteiger partial charge < -0.3 is 14.2 Å². The Kier molecular flexibility index (Phi) is 7.80. The Morgan fingerprint density at radius 1 is 1.03 bits per heavy atom. The third-order valence-corrected chi connectivity index (χ3v) is 6.72. The van der Waals surface area contributed by atoms with Crippen molar-refractivity contribution in [1.29, 1.82) is 0 Å². The molecule has 0 unspecified atom stereocenters. The molecule has 2 aromatic rings. The molecule has 0 aliphatic carbocycles. The maximum Gasteiger partial charge on any atom is 0.240 e. The van der Waals surface area contributed by atoms with E-state index in [1.807, 2.05) is 19.9 Å². The third kappa shape index (κ3) is 6.12. The van der Waals surface area contributed by atoms with E-state index < -0.39 is 10.0 Å². The van der Waals surface area contributed by atoms with Crippen molar-refractivity contribution < 1.29 is 22.6 Å². The molecular formula is C23H32N2O5S. The fourth-order valence-electron chi connectivity index (χ4n) is 3.69. The first-order chi connectivity index (χ1) is 14.8. The SMILES string of the molecule is COc1cc2c(cc1OC)CN(CCCNS(=O)(=O)c1ccc(OC(C)C)cc1)CC2. The van der Waals surface area contributed by atoms with Crippen LogP contribution in [0.15, 0.2) is 41.3 Å².